The van der Waals surface area contributed by atoms with Gasteiger partial charge >= 0.3 is 5.97 Å². The van der Waals surface area contributed by atoms with Crippen molar-refractivity contribution in [3.63, 3.8) is 0 Å². The fourth-order valence-electron chi connectivity index (χ4n) is 3.59. The Morgan fingerprint density at radius 3 is 2.76 bits per heavy atom. The van der Waals surface area contributed by atoms with Crippen LogP contribution in [0.5, 0.6) is 0 Å². The number of thiophene rings is 1. The molecule has 1 heterocycles. The molecule has 1 aliphatic carbocycles. The zero-order chi connectivity index (χ0) is 18.2. The molecule has 3 rings (SSSR count). The minimum Gasteiger partial charge on any atom is -0.478 e. The van der Waals surface area contributed by atoms with Gasteiger partial charge in [-0.3, -0.25) is 5.84 Å². The molecule has 0 unspecified atom stereocenters. The van der Waals surface area contributed by atoms with Crippen LogP contribution >= 0.6 is 11.3 Å². The summed E-state index contributed by atoms with van der Waals surface area (Å²) >= 11 is 1.67. The third-order valence-electron chi connectivity index (χ3n) is 4.98. The van der Waals surface area contributed by atoms with Crippen LogP contribution in [-0.2, 0) is 19.3 Å². The summed E-state index contributed by atoms with van der Waals surface area (Å²) in [6.07, 6.45) is 3.73. The van der Waals surface area contributed by atoms with Gasteiger partial charge in [-0.1, -0.05) is 38.1 Å². The summed E-state index contributed by atoms with van der Waals surface area (Å²) in [6, 6.07) is 8.11. The van der Waals surface area contributed by atoms with Gasteiger partial charge in [0.25, 0.3) is 0 Å². The number of aryl methyl sites for hydroxylation is 1. The van der Waals surface area contributed by atoms with Gasteiger partial charge in [0.05, 0.1) is 5.56 Å². The number of fused-ring (bicyclic) bond motifs is 1. The first kappa shape index (κ1) is 18.1. The molecule has 25 heavy (non-hydrogen) atoms. The standard InChI is InChI=1S/C20H26N2O2S/c1-20(2)10-8-16-15(12-20)17(19(23)24)18(25-16)14-7-5-4-6-13(14)9-11-22(3)21/h4-7H,8-12,21H2,1-3H3,(H,23,24). The zero-order valence-corrected chi connectivity index (χ0v) is 15.9. The lowest BCUT2D eigenvalue weighted by Crippen LogP contribution is -2.28. The van der Waals surface area contributed by atoms with Gasteiger partial charge < -0.3 is 5.11 Å². The fourth-order valence-corrected chi connectivity index (χ4v) is 4.96. The molecule has 2 aromatic rings. The number of aromatic carboxylic acids is 1. The van der Waals surface area contributed by atoms with Gasteiger partial charge in [-0.05, 0) is 47.8 Å². The zero-order valence-electron chi connectivity index (χ0n) is 15.1. The largest absolute Gasteiger partial charge is 0.478 e. The van der Waals surface area contributed by atoms with Gasteiger partial charge in [0, 0.05) is 23.3 Å². The van der Waals surface area contributed by atoms with Crippen molar-refractivity contribution < 1.29 is 9.90 Å². The number of hydrogen-bond donors (Lipinski definition) is 2. The monoisotopic (exact) mass is 358 g/mol. The fraction of sp³-hybridized carbons (Fsp3) is 0.450. The van der Waals surface area contributed by atoms with Crippen LogP contribution in [0, 0.1) is 5.41 Å². The average molecular weight is 359 g/mol. The Labute approximate surface area is 153 Å². The van der Waals surface area contributed by atoms with Crippen LogP contribution in [-0.4, -0.2) is 29.7 Å². The third kappa shape index (κ3) is 3.78. The van der Waals surface area contributed by atoms with Crippen molar-refractivity contribution in [1.29, 1.82) is 0 Å². The minimum absolute atomic E-state index is 0.164. The van der Waals surface area contributed by atoms with Crippen molar-refractivity contribution in [2.45, 2.75) is 39.5 Å². The second-order valence-electron chi connectivity index (χ2n) is 7.74. The highest BCUT2D eigenvalue weighted by molar-refractivity contribution is 7.16. The van der Waals surface area contributed by atoms with E-state index < -0.39 is 5.97 Å². The first-order chi connectivity index (χ1) is 11.8. The highest BCUT2D eigenvalue weighted by Crippen LogP contribution is 2.45. The second kappa shape index (κ2) is 6.90. The van der Waals surface area contributed by atoms with E-state index in [0.717, 1.165) is 53.8 Å². The van der Waals surface area contributed by atoms with E-state index in [1.165, 1.54) is 4.88 Å². The van der Waals surface area contributed by atoms with Crippen LogP contribution in [0.2, 0.25) is 0 Å². The smallest absolute Gasteiger partial charge is 0.337 e. The average Bonchev–Trinajstić information content (AvgIpc) is 2.90. The number of rotatable bonds is 5. The van der Waals surface area contributed by atoms with E-state index >= 15 is 0 Å². The van der Waals surface area contributed by atoms with E-state index in [2.05, 4.69) is 19.9 Å². The molecule has 1 aromatic carbocycles. The number of carboxylic acid groups (broad SMARTS) is 1. The lowest BCUT2D eigenvalue weighted by molar-refractivity contribution is 0.0696. The molecule has 5 heteroatoms. The van der Waals surface area contributed by atoms with E-state index in [1.807, 2.05) is 25.2 Å². The first-order valence-electron chi connectivity index (χ1n) is 8.70. The van der Waals surface area contributed by atoms with E-state index in [1.54, 1.807) is 16.3 Å². The molecule has 1 aromatic heterocycles. The predicted octanol–water partition coefficient (Wildman–Crippen LogP) is 3.98. The SMILES string of the molecule is CN(N)CCc1ccccc1-c1sc2c(c1C(=O)O)CC(C)(C)CC2. The molecule has 134 valence electrons. The molecule has 0 aliphatic heterocycles. The van der Waals surface area contributed by atoms with E-state index in [0.29, 0.717) is 5.56 Å². The molecule has 4 nitrogen and oxygen atoms in total. The highest BCUT2D eigenvalue weighted by Gasteiger charge is 2.33. The Morgan fingerprint density at radius 2 is 2.08 bits per heavy atom. The molecule has 0 radical (unpaired) electrons. The van der Waals surface area contributed by atoms with E-state index in [4.69, 9.17) is 5.84 Å². The van der Waals surface area contributed by atoms with Gasteiger partial charge in [0.15, 0.2) is 0 Å². The second-order valence-corrected chi connectivity index (χ2v) is 8.85. The van der Waals surface area contributed by atoms with Gasteiger partial charge in [-0.15, -0.1) is 11.3 Å². The lowest BCUT2D eigenvalue weighted by Gasteiger charge is -2.29. The summed E-state index contributed by atoms with van der Waals surface area (Å²) < 4.78 is 0. The van der Waals surface area contributed by atoms with Crippen LogP contribution in [0.15, 0.2) is 24.3 Å². The quantitative estimate of drug-likeness (QED) is 0.627. The molecule has 0 fully saturated rings. The maximum atomic E-state index is 12.1. The number of nitrogens with zero attached hydrogens (tertiary/aromatic N) is 1. The van der Waals surface area contributed by atoms with Crippen LogP contribution in [0.25, 0.3) is 10.4 Å². The third-order valence-corrected chi connectivity index (χ3v) is 6.31. The number of carbonyl (C=O) groups is 1. The van der Waals surface area contributed by atoms with E-state index in [-0.39, 0.29) is 5.41 Å². The molecule has 0 saturated heterocycles. The molecular weight excluding hydrogens is 332 g/mol. The molecule has 3 N–H and O–H groups in total. The Balaban J connectivity index is 2.10. The summed E-state index contributed by atoms with van der Waals surface area (Å²) in [6.45, 7) is 5.19. The maximum Gasteiger partial charge on any atom is 0.337 e. The highest BCUT2D eigenvalue weighted by atomic mass is 32.1. The number of benzene rings is 1. The molecular formula is C20H26N2O2S. The predicted molar refractivity (Wildman–Crippen MR) is 103 cm³/mol. The lowest BCUT2D eigenvalue weighted by atomic mass is 9.76. The number of hydrazine groups is 1. The number of likely N-dealkylation sites (N-methyl/N-ethyl adjacent to an activating group) is 1. The van der Waals surface area contributed by atoms with Gasteiger partial charge in [0.2, 0.25) is 0 Å². The molecule has 0 amide bonds. The summed E-state index contributed by atoms with van der Waals surface area (Å²) in [5, 5.41) is 11.6. The van der Waals surface area contributed by atoms with Crippen molar-refractivity contribution in [3.8, 4) is 10.4 Å². The van der Waals surface area contributed by atoms with Gasteiger partial charge in [-0.2, -0.15) is 0 Å². The maximum absolute atomic E-state index is 12.1. The number of nitrogens with two attached hydrogens (primary N) is 1. The van der Waals surface area contributed by atoms with Crippen molar-refractivity contribution >= 4 is 17.3 Å². The van der Waals surface area contributed by atoms with Crippen molar-refractivity contribution in [3.05, 3.63) is 45.8 Å². The minimum atomic E-state index is -0.809. The summed E-state index contributed by atoms with van der Waals surface area (Å²) in [4.78, 5) is 14.3. The summed E-state index contributed by atoms with van der Waals surface area (Å²) in [5.74, 6) is 4.95. The molecule has 0 saturated carbocycles. The summed E-state index contributed by atoms with van der Waals surface area (Å²) in [5.41, 5.74) is 3.92. The number of carboxylic acids is 1. The van der Waals surface area contributed by atoms with Crippen molar-refractivity contribution in [2.24, 2.45) is 11.3 Å². The van der Waals surface area contributed by atoms with Gasteiger partial charge in [-0.25, -0.2) is 9.80 Å². The molecule has 0 atom stereocenters. The van der Waals surface area contributed by atoms with Crippen LogP contribution < -0.4 is 5.84 Å². The Morgan fingerprint density at radius 1 is 1.36 bits per heavy atom. The van der Waals surface area contributed by atoms with Crippen LogP contribution in [0.1, 0.15) is 46.6 Å². The van der Waals surface area contributed by atoms with Crippen molar-refractivity contribution in [1.82, 2.24) is 5.01 Å². The van der Waals surface area contributed by atoms with Crippen LogP contribution in [0.3, 0.4) is 0 Å². The normalized spacial score (nSPS) is 16.0. The number of hydrogen-bond acceptors (Lipinski definition) is 4. The Kier molecular flexibility index (Phi) is 5.00. The van der Waals surface area contributed by atoms with Crippen molar-refractivity contribution in [2.75, 3.05) is 13.6 Å². The van der Waals surface area contributed by atoms with E-state index in [9.17, 15) is 9.90 Å². The molecule has 1 aliphatic rings. The topological polar surface area (TPSA) is 66.6 Å². The first-order valence-corrected chi connectivity index (χ1v) is 9.52. The molecule has 0 spiro atoms. The van der Waals surface area contributed by atoms with Gasteiger partial charge in [0.1, 0.15) is 0 Å². The Bertz CT molecular complexity index is 793. The summed E-state index contributed by atoms with van der Waals surface area (Å²) in [7, 11) is 1.84. The Hall–Kier alpha value is -1.69. The molecule has 0 bridgehead atoms. The van der Waals surface area contributed by atoms with Crippen LogP contribution in [0.4, 0.5) is 0 Å².